The van der Waals surface area contributed by atoms with E-state index >= 15 is 0 Å². The first-order chi connectivity index (χ1) is 8.62. The van der Waals surface area contributed by atoms with Crippen LogP contribution in [0.2, 0.25) is 0 Å². The molecule has 0 saturated heterocycles. The largest absolute Gasteiger partial charge is 0.409 e. The van der Waals surface area contributed by atoms with Gasteiger partial charge in [-0.15, -0.1) is 0 Å². The molecule has 112 valence electrons. The number of carbonyl (C=O) groups is 1. The van der Waals surface area contributed by atoms with Crippen LogP contribution >= 0.6 is 0 Å². The zero-order valence-corrected chi connectivity index (χ0v) is 10.7. The number of rotatable bonds is 6. The van der Waals surface area contributed by atoms with Crippen LogP contribution in [-0.2, 0) is 4.79 Å². The van der Waals surface area contributed by atoms with Crippen LogP contribution in [0.25, 0.3) is 0 Å². The van der Waals surface area contributed by atoms with Crippen LogP contribution in [0.5, 0.6) is 0 Å². The number of oxime groups is 1. The minimum absolute atomic E-state index is 0.0571. The Hall–Kier alpha value is -1.51. The van der Waals surface area contributed by atoms with Crippen molar-refractivity contribution in [3.8, 4) is 0 Å². The Morgan fingerprint density at radius 2 is 1.95 bits per heavy atom. The Kier molecular flexibility index (Phi) is 6.07. The number of halogens is 3. The first-order valence-corrected chi connectivity index (χ1v) is 5.57. The predicted molar refractivity (Wildman–Crippen MR) is 61.5 cm³/mol. The summed E-state index contributed by atoms with van der Waals surface area (Å²) in [6.07, 6.45) is -4.54. The second-order valence-corrected chi connectivity index (χ2v) is 4.24. The summed E-state index contributed by atoms with van der Waals surface area (Å²) in [5.74, 6) is -1.42. The van der Waals surface area contributed by atoms with Crippen LogP contribution in [0.1, 0.15) is 20.3 Å². The lowest BCUT2D eigenvalue weighted by molar-refractivity contribution is -0.166. The number of hydrogen-bond acceptors (Lipinski definition) is 4. The summed E-state index contributed by atoms with van der Waals surface area (Å²) in [4.78, 5) is 12.6. The molecular weight excluding hydrogens is 267 g/mol. The Balaban J connectivity index is 5.28. The average Bonchev–Trinajstić information content (AvgIpc) is 2.33. The monoisotopic (exact) mass is 285 g/mol. The van der Waals surface area contributed by atoms with Gasteiger partial charge in [-0.05, 0) is 13.3 Å². The number of amidine groups is 1. The first-order valence-electron chi connectivity index (χ1n) is 5.57. The topological polar surface area (TPSA) is 99.2 Å². The van der Waals surface area contributed by atoms with Gasteiger partial charge in [0.15, 0.2) is 5.84 Å². The van der Waals surface area contributed by atoms with Gasteiger partial charge in [0.2, 0.25) is 5.91 Å². The number of aliphatic hydroxyl groups excluding tert-OH is 1. The fraction of sp³-hybridized carbons (Fsp3) is 0.800. The molecule has 1 amide bonds. The molecule has 0 heterocycles. The predicted octanol–water partition coefficient (Wildman–Crippen LogP) is 0.532. The maximum Gasteiger partial charge on any atom is 0.406 e. The Morgan fingerprint density at radius 3 is 2.26 bits per heavy atom. The maximum absolute atomic E-state index is 12.4. The minimum atomic E-state index is -4.59. The summed E-state index contributed by atoms with van der Waals surface area (Å²) in [5.41, 5.74) is 3.82. The van der Waals surface area contributed by atoms with Crippen LogP contribution < -0.4 is 5.73 Å². The Morgan fingerprint density at radius 1 is 1.42 bits per heavy atom. The summed E-state index contributed by atoms with van der Waals surface area (Å²) in [6.45, 7) is 0.219. The maximum atomic E-state index is 12.4. The van der Waals surface area contributed by atoms with E-state index in [0.717, 1.165) is 0 Å². The number of hydrogen-bond donors (Lipinski definition) is 3. The van der Waals surface area contributed by atoms with Crippen molar-refractivity contribution in [1.82, 2.24) is 4.90 Å². The molecule has 0 bridgehead atoms. The molecule has 19 heavy (non-hydrogen) atoms. The molecule has 0 saturated carbocycles. The van der Waals surface area contributed by atoms with E-state index in [4.69, 9.17) is 16.0 Å². The lowest BCUT2D eigenvalue weighted by atomic mass is 9.84. The van der Waals surface area contributed by atoms with E-state index < -0.39 is 43.0 Å². The van der Waals surface area contributed by atoms with E-state index in [9.17, 15) is 18.0 Å². The molecule has 0 radical (unpaired) electrons. The molecule has 9 heteroatoms. The summed E-state index contributed by atoms with van der Waals surface area (Å²) in [5, 5.41) is 20.1. The summed E-state index contributed by atoms with van der Waals surface area (Å²) in [6, 6.07) is 0. The van der Waals surface area contributed by atoms with Crippen LogP contribution in [-0.4, -0.2) is 52.8 Å². The molecule has 1 unspecified atom stereocenters. The Bertz CT molecular complexity index is 347. The van der Waals surface area contributed by atoms with Crippen LogP contribution in [0, 0.1) is 5.41 Å². The van der Waals surface area contributed by atoms with Gasteiger partial charge in [-0.3, -0.25) is 4.79 Å². The third-order valence-corrected chi connectivity index (χ3v) is 2.88. The van der Waals surface area contributed by atoms with Gasteiger partial charge in [0.1, 0.15) is 12.0 Å². The highest BCUT2D eigenvalue weighted by Crippen LogP contribution is 2.27. The molecule has 1 atom stereocenters. The Labute approximate surface area is 108 Å². The van der Waals surface area contributed by atoms with E-state index in [2.05, 4.69) is 5.16 Å². The fourth-order valence-corrected chi connectivity index (χ4v) is 1.49. The van der Waals surface area contributed by atoms with E-state index in [-0.39, 0.29) is 6.42 Å². The molecule has 0 rings (SSSR count). The third-order valence-electron chi connectivity index (χ3n) is 2.88. The first kappa shape index (κ1) is 17.5. The van der Waals surface area contributed by atoms with Crippen molar-refractivity contribution in [3.63, 3.8) is 0 Å². The number of amides is 1. The van der Waals surface area contributed by atoms with Gasteiger partial charge >= 0.3 is 6.18 Å². The highest BCUT2D eigenvalue weighted by Gasteiger charge is 2.42. The van der Waals surface area contributed by atoms with Crippen LogP contribution in [0.15, 0.2) is 5.16 Å². The SMILES string of the molecule is CCC(C)(C(=O)N(CCO)CC(F)(F)F)C(N)=NO. The normalized spacial score (nSPS) is 16.0. The van der Waals surface area contributed by atoms with Crippen molar-refractivity contribution in [1.29, 1.82) is 0 Å². The molecule has 0 fully saturated rings. The molecule has 0 aliphatic heterocycles. The highest BCUT2D eigenvalue weighted by molar-refractivity contribution is 6.06. The van der Waals surface area contributed by atoms with Gasteiger partial charge in [-0.25, -0.2) is 0 Å². The minimum Gasteiger partial charge on any atom is -0.409 e. The smallest absolute Gasteiger partial charge is 0.406 e. The lowest BCUT2D eigenvalue weighted by Crippen LogP contribution is -2.52. The van der Waals surface area contributed by atoms with E-state index in [1.54, 1.807) is 0 Å². The quantitative estimate of drug-likeness (QED) is 0.287. The van der Waals surface area contributed by atoms with Gasteiger partial charge in [-0.2, -0.15) is 13.2 Å². The van der Waals surface area contributed by atoms with Gasteiger partial charge in [0.05, 0.1) is 6.61 Å². The average molecular weight is 285 g/mol. The van der Waals surface area contributed by atoms with Gasteiger partial charge in [0, 0.05) is 6.54 Å². The second-order valence-electron chi connectivity index (χ2n) is 4.24. The van der Waals surface area contributed by atoms with Crippen molar-refractivity contribution in [2.24, 2.45) is 16.3 Å². The fourth-order valence-electron chi connectivity index (χ4n) is 1.49. The van der Waals surface area contributed by atoms with Crippen molar-refractivity contribution in [2.45, 2.75) is 26.4 Å². The standard InChI is InChI=1S/C10H18F3N3O3/c1-3-9(2,7(14)15-19)8(18)16(4-5-17)6-10(11,12)13/h17,19H,3-6H2,1-2H3,(H2,14,15). The van der Waals surface area contributed by atoms with Gasteiger partial charge in [-0.1, -0.05) is 12.1 Å². The summed E-state index contributed by atoms with van der Waals surface area (Å²) in [7, 11) is 0. The highest BCUT2D eigenvalue weighted by atomic mass is 19.4. The molecular formula is C10H18F3N3O3. The number of aliphatic hydroxyl groups is 1. The number of alkyl halides is 3. The molecule has 0 aliphatic rings. The molecule has 0 aromatic carbocycles. The zero-order valence-electron chi connectivity index (χ0n) is 10.7. The number of nitrogens with zero attached hydrogens (tertiary/aromatic N) is 2. The van der Waals surface area contributed by atoms with Crippen molar-refractivity contribution >= 4 is 11.7 Å². The second kappa shape index (κ2) is 6.60. The number of nitrogens with two attached hydrogens (primary N) is 1. The molecule has 6 nitrogen and oxygen atoms in total. The van der Waals surface area contributed by atoms with Crippen molar-refractivity contribution < 1.29 is 28.3 Å². The summed E-state index contributed by atoms with van der Waals surface area (Å²) < 4.78 is 37.1. The molecule has 4 N–H and O–H groups in total. The molecule has 0 spiro atoms. The number of carbonyl (C=O) groups excluding carboxylic acids is 1. The third kappa shape index (κ3) is 4.58. The van der Waals surface area contributed by atoms with Crippen molar-refractivity contribution in [3.05, 3.63) is 0 Å². The molecule has 0 aliphatic carbocycles. The lowest BCUT2D eigenvalue weighted by Gasteiger charge is -2.33. The molecule has 0 aromatic heterocycles. The van der Waals surface area contributed by atoms with Gasteiger partial charge in [0.25, 0.3) is 0 Å². The van der Waals surface area contributed by atoms with Crippen LogP contribution in [0.3, 0.4) is 0 Å². The van der Waals surface area contributed by atoms with E-state index in [0.29, 0.717) is 4.90 Å². The van der Waals surface area contributed by atoms with E-state index in [1.807, 2.05) is 0 Å². The van der Waals surface area contributed by atoms with Crippen molar-refractivity contribution in [2.75, 3.05) is 19.7 Å². The van der Waals surface area contributed by atoms with E-state index in [1.165, 1.54) is 13.8 Å². The van der Waals surface area contributed by atoms with Gasteiger partial charge < -0.3 is 20.9 Å². The zero-order chi connectivity index (χ0) is 15.3. The summed E-state index contributed by atoms with van der Waals surface area (Å²) >= 11 is 0. The van der Waals surface area contributed by atoms with Crippen LogP contribution in [0.4, 0.5) is 13.2 Å². The molecule has 0 aromatic rings.